The molecule has 20 heavy (non-hydrogen) atoms. The third-order valence-corrected chi connectivity index (χ3v) is 4.49. The van der Waals surface area contributed by atoms with Crippen molar-refractivity contribution in [3.63, 3.8) is 0 Å². The van der Waals surface area contributed by atoms with Crippen molar-refractivity contribution in [2.75, 3.05) is 6.54 Å². The van der Waals surface area contributed by atoms with Gasteiger partial charge in [0.25, 0.3) is 0 Å². The predicted molar refractivity (Wildman–Crippen MR) is 85.0 cm³/mol. The maximum atomic E-state index is 4.82. The normalized spacial score (nSPS) is 18.3. The van der Waals surface area contributed by atoms with Gasteiger partial charge in [-0.2, -0.15) is 5.10 Å². The Morgan fingerprint density at radius 2 is 2.05 bits per heavy atom. The molecule has 1 fully saturated rings. The van der Waals surface area contributed by atoms with Crippen molar-refractivity contribution in [1.29, 1.82) is 0 Å². The van der Waals surface area contributed by atoms with Crippen molar-refractivity contribution in [1.82, 2.24) is 15.1 Å². The van der Waals surface area contributed by atoms with Crippen LogP contribution in [0.15, 0.2) is 12.3 Å². The summed E-state index contributed by atoms with van der Waals surface area (Å²) in [5.41, 5.74) is 1.27. The molecule has 3 nitrogen and oxygen atoms in total. The monoisotopic (exact) mass is 277 g/mol. The lowest BCUT2D eigenvalue weighted by atomic mass is 9.96. The molecule has 0 aliphatic heterocycles. The van der Waals surface area contributed by atoms with Gasteiger partial charge in [0.2, 0.25) is 0 Å². The largest absolute Gasteiger partial charge is 0.314 e. The van der Waals surface area contributed by atoms with Crippen LogP contribution < -0.4 is 5.32 Å². The number of aromatic nitrogens is 2. The SMILES string of the molecule is CCCC(CCc1ccn(C2CCCCC2)n1)NCC. The second-order valence-corrected chi connectivity index (χ2v) is 6.16. The molecule has 0 spiro atoms. The van der Waals surface area contributed by atoms with Crippen LogP contribution in [-0.2, 0) is 6.42 Å². The van der Waals surface area contributed by atoms with E-state index in [1.807, 2.05) is 0 Å². The summed E-state index contributed by atoms with van der Waals surface area (Å²) in [4.78, 5) is 0. The number of nitrogens with zero attached hydrogens (tertiary/aromatic N) is 2. The molecule has 1 unspecified atom stereocenters. The highest BCUT2D eigenvalue weighted by molar-refractivity contribution is 5.00. The molecule has 0 radical (unpaired) electrons. The first-order chi connectivity index (χ1) is 9.83. The van der Waals surface area contributed by atoms with Crippen molar-refractivity contribution in [3.8, 4) is 0 Å². The number of rotatable bonds is 8. The maximum absolute atomic E-state index is 4.82. The highest BCUT2D eigenvalue weighted by Gasteiger charge is 2.16. The van der Waals surface area contributed by atoms with Crippen molar-refractivity contribution in [2.45, 2.75) is 83.7 Å². The fraction of sp³-hybridized carbons (Fsp3) is 0.824. The lowest BCUT2D eigenvalue weighted by molar-refractivity contribution is 0.327. The number of hydrogen-bond donors (Lipinski definition) is 1. The van der Waals surface area contributed by atoms with Crippen LogP contribution in [-0.4, -0.2) is 22.4 Å². The Morgan fingerprint density at radius 3 is 2.75 bits per heavy atom. The van der Waals surface area contributed by atoms with Gasteiger partial charge >= 0.3 is 0 Å². The molecule has 1 aliphatic carbocycles. The predicted octanol–water partition coefficient (Wildman–Crippen LogP) is 4.10. The molecular weight excluding hydrogens is 246 g/mol. The zero-order valence-corrected chi connectivity index (χ0v) is 13.3. The molecule has 1 aromatic rings. The Balaban J connectivity index is 1.82. The summed E-state index contributed by atoms with van der Waals surface area (Å²) in [6.07, 6.45) is 13.8. The van der Waals surface area contributed by atoms with Gasteiger partial charge in [-0.3, -0.25) is 4.68 Å². The summed E-state index contributed by atoms with van der Waals surface area (Å²) in [6, 6.07) is 3.55. The van der Waals surface area contributed by atoms with Gasteiger partial charge in [-0.1, -0.05) is 39.5 Å². The van der Waals surface area contributed by atoms with Crippen LogP contribution in [0.2, 0.25) is 0 Å². The summed E-state index contributed by atoms with van der Waals surface area (Å²) in [6.45, 7) is 5.53. The van der Waals surface area contributed by atoms with Gasteiger partial charge in [0.15, 0.2) is 0 Å². The lowest BCUT2D eigenvalue weighted by Gasteiger charge is -2.21. The van der Waals surface area contributed by atoms with Gasteiger partial charge in [0, 0.05) is 12.2 Å². The van der Waals surface area contributed by atoms with Gasteiger partial charge in [0.1, 0.15) is 0 Å². The highest BCUT2D eigenvalue weighted by atomic mass is 15.3. The standard InChI is InChI=1S/C17H31N3/c1-3-8-15(18-4-2)11-12-16-13-14-20(19-16)17-9-6-5-7-10-17/h13-15,17-18H,3-12H2,1-2H3. The van der Waals surface area contributed by atoms with Gasteiger partial charge in [-0.05, 0) is 44.7 Å². The van der Waals surface area contributed by atoms with Crippen LogP contribution >= 0.6 is 0 Å². The van der Waals surface area contributed by atoms with E-state index < -0.39 is 0 Å². The first-order valence-corrected chi connectivity index (χ1v) is 8.61. The Kier molecular flexibility index (Phi) is 6.58. The first-order valence-electron chi connectivity index (χ1n) is 8.61. The Labute approximate surface area is 124 Å². The van der Waals surface area contributed by atoms with Gasteiger partial charge in [0.05, 0.1) is 11.7 Å². The van der Waals surface area contributed by atoms with E-state index in [-0.39, 0.29) is 0 Å². The Hall–Kier alpha value is -0.830. The third-order valence-electron chi connectivity index (χ3n) is 4.49. The molecule has 0 bridgehead atoms. The summed E-state index contributed by atoms with van der Waals surface area (Å²) in [5, 5.41) is 8.40. The fourth-order valence-corrected chi connectivity index (χ4v) is 3.37. The van der Waals surface area contributed by atoms with Crippen molar-refractivity contribution in [2.24, 2.45) is 0 Å². The van der Waals surface area contributed by atoms with Crippen molar-refractivity contribution in [3.05, 3.63) is 18.0 Å². The second-order valence-electron chi connectivity index (χ2n) is 6.16. The molecule has 1 heterocycles. The molecule has 0 aromatic carbocycles. The molecule has 1 aliphatic rings. The minimum Gasteiger partial charge on any atom is -0.314 e. The topological polar surface area (TPSA) is 29.9 Å². The summed E-state index contributed by atoms with van der Waals surface area (Å²) in [5.74, 6) is 0. The van der Waals surface area contributed by atoms with E-state index in [9.17, 15) is 0 Å². The van der Waals surface area contributed by atoms with E-state index in [4.69, 9.17) is 5.10 Å². The molecular formula is C17H31N3. The molecule has 1 N–H and O–H groups in total. The Bertz CT molecular complexity index is 360. The number of hydrogen-bond acceptors (Lipinski definition) is 2. The number of nitrogens with one attached hydrogen (secondary N) is 1. The van der Waals surface area contributed by atoms with Crippen LogP contribution in [0, 0.1) is 0 Å². The molecule has 1 aromatic heterocycles. The van der Waals surface area contributed by atoms with E-state index in [0.717, 1.165) is 13.0 Å². The van der Waals surface area contributed by atoms with Crippen LogP contribution in [0.3, 0.4) is 0 Å². The lowest BCUT2D eigenvalue weighted by Crippen LogP contribution is -2.29. The highest BCUT2D eigenvalue weighted by Crippen LogP contribution is 2.27. The molecule has 1 atom stereocenters. The van der Waals surface area contributed by atoms with Crippen molar-refractivity contribution < 1.29 is 0 Å². The summed E-state index contributed by atoms with van der Waals surface area (Å²) in [7, 11) is 0. The zero-order valence-electron chi connectivity index (χ0n) is 13.3. The van der Waals surface area contributed by atoms with E-state index in [0.29, 0.717) is 12.1 Å². The van der Waals surface area contributed by atoms with E-state index >= 15 is 0 Å². The van der Waals surface area contributed by atoms with Crippen LogP contribution in [0.4, 0.5) is 0 Å². The average molecular weight is 277 g/mol. The minimum absolute atomic E-state index is 0.657. The van der Waals surface area contributed by atoms with E-state index in [1.165, 1.54) is 57.1 Å². The van der Waals surface area contributed by atoms with Crippen molar-refractivity contribution >= 4 is 0 Å². The molecule has 114 valence electrons. The van der Waals surface area contributed by atoms with Crippen LogP contribution in [0.5, 0.6) is 0 Å². The van der Waals surface area contributed by atoms with E-state index in [1.54, 1.807) is 0 Å². The molecule has 2 rings (SSSR count). The van der Waals surface area contributed by atoms with Crippen LogP contribution in [0.1, 0.15) is 76.9 Å². The number of aryl methyl sites for hydroxylation is 1. The molecule has 0 saturated heterocycles. The average Bonchev–Trinajstić information content (AvgIpc) is 2.95. The summed E-state index contributed by atoms with van der Waals surface area (Å²) >= 11 is 0. The van der Waals surface area contributed by atoms with Gasteiger partial charge < -0.3 is 5.32 Å². The summed E-state index contributed by atoms with van der Waals surface area (Å²) < 4.78 is 2.23. The second kappa shape index (κ2) is 8.46. The Morgan fingerprint density at radius 1 is 1.25 bits per heavy atom. The first kappa shape index (κ1) is 15.6. The van der Waals surface area contributed by atoms with Gasteiger partial charge in [-0.25, -0.2) is 0 Å². The van der Waals surface area contributed by atoms with E-state index in [2.05, 4.69) is 36.1 Å². The fourth-order valence-electron chi connectivity index (χ4n) is 3.37. The zero-order chi connectivity index (χ0) is 14.2. The van der Waals surface area contributed by atoms with Gasteiger partial charge in [-0.15, -0.1) is 0 Å². The maximum Gasteiger partial charge on any atom is 0.0625 e. The smallest absolute Gasteiger partial charge is 0.0625 e. The van der Waals surface area contributed by atoms with Crippen LogP contribution in [0.25, 0.3) is 0 Å². The molecule has 3 heteroatoms. The molecule has 0 amide bonds. The minimum atomic E-state index is 0.657. The molecule has 1 saturated carbocycles. The quantitative estimate of drug-likeness (QED) is 0.775. The third kappa shape index (κ3) is 4.62.